The predicted octanol–water partition coefficient (Wildman–Crippen LogP) is 1.53. The van der Waals surface area contributed by atoms with Crippen LogP contribution in [0.25, 0.3) is 11.6 Å². The molecule has 8 heteroatoms. The van der Waals surface area contributed by atoms with E-state index in [4.69, 9.17) is 21.9 Å². The van der Waals surface area contributed by atoms with Gasteiger partial charge in [-0.2, -0.15) is 4.98 Å². The maximum absolute atomic E-state index is 5.85. The van der Waals surface area contributed by atoms with Crippen molar-refractivity contribution in [1.29, 1.82) is 0 Å². The van der Waals surface area contributed by atoms with Crippen molar-refractivity contribution in [2.24, 2.45) is 5.73 Å². The second-order valence-corrected chi connectivity index (χ2v) is 4.91. The summed E-state index contributed by atoms with van der Waals surface area (Å²) in [5, 5.41) is 12.6. The number of hydrogen-bond donors (Lipinski definition) is 1. The fraction of sp³-hybridized carbons (Fsp3) is 0.231. The molecule has 0 fully saturated rings. The summed E-state index contributed by atoms with van der Waals surface area (Å²) in [4.78, 5) is 4.31. The van der Waals surface area contributed by atoms with E-state index in [0.29, 0.717) is 41.9 Å². The highest BCUT2D eigenvalue weighted by molar-refractivity contribution is 6.30. The van der Waals surface area contributed by atoms with E-state index in [0.717, 1.165) is 5.56 Å². The molecular formula is C13H13ClN6O. The summed E-state index contributed by atoms with van der Waals surface area (Å²) in [6, 6.07) is 7.51. The molecule has 0 amide bonds. The van der Waals surface area contributed by atoms with Crippen LogP contribution >= 0.6 is 11.6 Å². The lowest BCUT2D eigenvalue weighted by Crippen LogP contribution is -2.10. The molecule has 0 aliphatic carbocycles. The van der Waals surface area contributed by atoms with Gasteiger partial charge in [0.05, 0.1) is 12.7 Å². The first kappa shape index (κ1) is 13.7. The fourth-order valence-electron chi connectivity index (χ4n) is 1.85. The maximum Gasteiger partial charge on any atom is 0.280 e. The van der Waals surface area contributed by atoms with Gasteiger partial charge >= 0.3 is 0 Å². The average Bonchev–Trinajstić information content (AvgIpc) is 3.11. The monoisotopic (exact) mass is 304 g/mol. The molecule has 0 spiro atoms. The number of benzene rings is 1. The lowest BCUT2D eigenvalue weighted by atomic mass is 10.1. The van der Waals surface area contributed by atoms with Gasteiger partial charge in [0.2, 0.25) is 0 Å². The van der Waals surface area contributed by atoms with E-state index in [-0.39, 0.29) is 0 Å². The molecule has 0 aliphatic rings. The van der Waals surface area contributed by atoms with Crippen molar-refractivity contribution >= 4 is 11.6 Å². The first-order valence-corrected chi connectivity index (χ1v) is 6.80. The Labute approximate surface area is 125 Å². The molecule has 1 aromatic carbocycles. The maximum atomic E-state index is 5.85. The molecule has 0 aliphatic heterocycles. The third-order valence-electron chi connectivity index (χ3n) is 2.86. The smallest absolute Gasteiger partial charge is 0.280 e. The first-order valence-electron chi connectivity index (χ1n) is 6.42. The van der Waals surface area contributed by atoms with Gasteiger partial charge in [-0.1, -0.05) is 34.1 Å². The van der Waals surface area contributed by atoms with E-state index in [1.807, 2.05) is 24.3 Å². The molecule has 2 aromatic heterocycles. The quantitative estimate of drug-likeness (QED) is 0.768. The van der Waals surface area contributed by atoms with Crippen LogP contribution in [-0.2, 0) is 13.0 Å². The number of nitrogens with two attached hydrogens (primary N) is 1. The number of rotatable bonds is 5. The van der Waals surface area contributed by atoms with Crippen LogP contribution in [0.3, 0.4) is 0 Å². The molecule has 0 saturated carbocycles. The van der Waals surface area contributed by atoms with Gasteiger partial charge in [0.15, 0.2) is 11.5 Å². The highest BCUT2D eigenvalue weighted by Crippen LogP contribution is 2.16. The third kappa shape index (κ3) is 3.26. The standard InChI is InChI=1S/C13H13ClN6O/c14-10-3-1-9(2-4-10)7-12-16-13(21-18-12)11-8-20(6-5-15)19-17-11/h1-4,8H,5-7,15H2. The van der Waals surface area contributed by atoms with Crippen LogP contribution in [0.1, 0.15) is 11.4 Å². The Balaban J connectivity index is 1.74. The summed E-state index contributed by atoms with van der Waals surface area (Å²) < 4.78 is 6.84. The van der Waals surface area contributed by atoms with Crippen LogP contribution in [0, 0.1) is 0 Å². The Kier molecular flexibility index (Phi) is 3.94. The van der Waals surface area contributed by atoms with E-state index in [1.54, 1.807) is 10.9 Å². The van der Waals surface area contributed by atoms with Crippen molar-refractivity contribution in [3.8, 4) is 11.6 Å². The summed E-state index contributed by atoms with van der Waals surface area (Å²) in [6.07, 6.45) is 2.30. The molecule has 0 bridgehead atoms. The van der Waals surface area contributed by atoms with Gasteiger partial charge < -0.3 is 10.3 Å². The van der Waals surface area contributed by atoms with Gasteiger partial charge in [-0.05, 0) is 17.7 Å². The van der Waals surface area contributed by atoms with E-state index in [1.165, 1.54) is 0 Å². The molecule has 3 rings (SSSR count). The largest absolute Gasteiger partial charge is 0.332 e. The number of hydrogen-bond acceptors (Lipinski definition) is 6. The Hall–Kier alpha value is -2.25. The van der Waals surface area contributed by atoms with E-state index in [9.17, 15) is 0 Å². The van der Waals surface area contributed by atoms with Gasteiger partial charge in [-0.3, -0.25) is 4.68 Å². The van der Waals surface area contributed by atoms with Crippen molar-refractivity contribution in [2.75, 3.05) is 6.54 Å². The summed E-state index contributed by atoms with van der Waals surface area (Å²) in [7, 11) is 0. The number of nitrogens with zero attached hydrogens (tertiary/aromatic N) is 5. The van der Waals surface area contributed by atoms with Crippen molar-refractivity contribution in [3.05, 3.63) is 46.9 Å². The van der Waals surface area contributed by atoms with Crippen molar-refractivity contribution in [3.63, 3.8) is 0 Å². The van der Waals surface area contributed by atoms with Crippen LogP contribution in [0.5, 0.6) is 0 Å². The van der Waals surface area contributed by atoms with Crippen LogP contribution < -0.4 is 5.73 Å². The molecule has 7 nitrogen and oxygen atoms in total. The van der Waals surface area contributed by atoms with Crippen LogP contribution in [-0.4, -0.2) is 31.7 Å². The molecule has 0 atom stereocenters. The minimum absolute atomic E-state index is 0.349. The SMILES string of the molecule is NCCn1cc(-c2nc(Cc3ccc(Cl)cc3)no2)nn1. The first-order chi connectivity index (χ1) is 10.2. The summed E-state index contributed by atoms with van der Waals surface area (Å²) in [5.41, 5.74) is 7.05. The minimum Gasteiger partial charge on any atom is -0.332 e. The Morgan fingerprint density at radius 2 is 2.05 bits per heavy atom. The summed E-state index contributed by atoms with van der Waals surface area (Å²) >= 11 is 5.85. The van der Waals surface area contributed by atoms with Crippen molar-refractivity contribution in [2.45, 2.75) is 13.0 Å². The second-order valence-electron chi connectivity index (χ2n) is 4.47. The third-order valence-corrected chi connectivity index (χ3v) is 3.11. The molecule has 21 heavy (non-hydrogen) atoms. The average molecular weight is 305 g/mol. The normalized spacial score (nSPS) is 11.0. The lowest BCUT2D eigenvalue weighted by Gasteiger charge is -1.95. The molecule has 2 heterocycles. The van der Waals surface area contributed by atoms with E-state index < -0.39 is 0 Å². The molecular weight excluding hydrogens is 292 g/mol. The molecule has 2 N–H and O–H groups in total. The van der Waals surface area contributed by atoms with Gasteiger partial charge in [0, 0.05) is 18.0 Å². The molecule has 0 saturated heterocycles. The highest BCUT2D eigenvalue weighted by Gasteiger charge is 2.13. The zero-order valence-corrected chi connectivity index (χ0v) is 11.9. The van der Waals surface area contributed by atoms with Crippen molar-refractivity contribution in [1.82, 2.24) is 25.1 Å². The molecule has 108 valence electrons. The highest BCUT2D eigenvalue weighted by atomic mass is 35.5. The van der Waals surface area contributed by atoms with E-state index >= 15 is 0 Å². The summed E-state index contributed by atoms with van der Waals surface area (Å²) in [6.45, 7) is 1.09. The van der Waals surface area contributed by atoms with Gasteiger partial charge in [0.1, 0.15) is 0 Å². The Morgan fingerprint density at radius 3 is 2.81 bits per heavy atom. The van der Waals surface area contributed by atoms with Gasteiger partial charge in [-0.25, -0.2) is 0 Å². The number of aromatic nitrogens is 5. The molecule has 0 radical (unpaired) electrons. The Morgan fingerprint density at radius 1 is 1.24 bits per heavy atom. The van der Waals surface area contributed by atoms with E-state index in [2.05, 4.69) is 20.5 Å². The molecule has 0 unspecified atom stereocenters. The number of halogens is 1. The minimum atomic E-state index is 0.349. The predicted molar refractivity (Wildman–Crippen MR) is 76.6 cm³/mol. The van der Waals surface area contributed by atoms with Gasteiger partial charge in [0.25, 0.3) is 5.89 Å². The van der Waals surface area contributed by atoms with Gasteiger partial charge in [-0.15, -0.1) is 5.10 Å². The zero-order valence-electron chi connectivity index (χ0n) is 11.1. The zero-order chi connectivity index (χ0) is 14.7. The second kappa shape index (κ2) is 6.02. The van der Waals surface area contributed by atoms with Crippen molar-refractivity contribution < 1.29 is 4.52 Å². The molecule has 3 aromatic rings. The lowest BCUT2D eigenvalue weighted by molar-refractivity contribution is 0.422. The van der Waals surface area contributed by atoms with Crippen LogP contribution in [0.4, 0.5) is 0 Å². The van der Waals surface area contributed by atoms with Crippen LogP contribution in [0.2, 0.25) is 5.02 Å². The fourth-order valence-corrected chi connectivity index (χ4v) is 1.98. The van der Waals surface area contributed by atoms with Crippen LogP contribution in [0.15, 0.2) is 35.0 Å². The summed E-state index contributed by atoms with van der Waals surface area (Å²) in [5.74, 6) is 0.933. The topological polar surface area (TPSA) is 95.7 Å². The Bertz CT molecular complexity index is 720.